The number of rotatable bonds is 9. The van der Waals surface area contributed by atoms with Gasteiger partial charge in [0.05, 0.1) is 17.1 Å². The number of hydrogen-bond acceptors (Lipinski definition) is 4. The Morgan fingerprint density at radius 1 is 0.868 bits per heavy atom. The van der Waals surface area contributed by atoms with Crippen LogP contribution in [-0.4, -0.2) is 25.2 Å². The van der Waals surface area contributed by atoms with Gasteiger partial charge in [0, 0.05) is 11.6 Å². The number of amides is 1. The van der Waals surface area contributed by atoms with E-state index in [4.69, 9.17) is 16.3 Å². The molecule has 4 rings (SSSR count). The number of ether oxygens (including phenoxy) is 1. The summed E-state index contributed by atoms with van der Waals surface area (Å²) in [5, 5.41) is 3.20. The summed E-state index contributed by atoms with van der Waals surface area (Å²) in [5.41, 5.74) is 3.34. The molecule has 196 valence electrons. The van der Waals surface area contributed by atoms with Crippen molar-refractivity contribution >= 4 is 33.2 Å². The van der Waals surface area contributed by atoms with Crippen molar-refractivity contribution in [3.05, 3.63) is 118 Å². The molecule has 8 heteroatoms. The summed E-state index contributed by atoms with van der Waals surface area (Å²) in [6, 6.07) is 26.9. The maximum absolute atomic E-state index is 13.9. The van der Waals surface area contributed by atoms with E-state index < -0.39 is 22.5 Å². The second kappa shape index (κ2) is 11.8. The van der Waals surface area contributed by atoms with E-state index in [1.165, 1.54) is 4.31 Å². The van der Waals surface area contributed by atoms with Crippen molar-refractivity contribution in [3.63, 3.8) is 0 Å². The van der Waals surface area contributed by atoms with Gasteiger partial charge in [0.25, 0.3) is 0 Å². The molecule has 0 saturated heterocycles. The van der Waals surface area contributed by atoms with Gasteiger partial charge in [-0.25, -0.2) is 8.42 Å². The molecule has 0 saturated carbocycles. The van der Waals surface area contributed by atoms with E-state index in [1.807, 2.05) is 67.6 Å². The van der Waals surface area contributed by atoms with Crippen LogP contribution >= 0.6 is 11.6 Å². The smallest absolute Gasteiger partial charge is 0.244 e. The standard InChI is InChI=1S/C30H29ClN2O4S/c1-21-16-22(2)30(23(3)17-21)38(35,36)33(19-24-10-6-4-7-11-24)20-29(34)32-27-18-25(31)14-15-28(27)37-26-12-8-5-9-13-26/h4-18H,19-20H2,1-3H3,(H,32,34). The SMILES string of the molecule is Cc1cc(C)c(S(=O)(=O)N(CC(=O)Nc2cc(Cl)ccc2Oc2ccccc2)Cc2ccccc2)c(C)c1. The van der Waals surface area contributed by atoms with Crippen molar-refractivity contribution < 1.29 is 17.9 Å². The first-order valence-corrected chi connectivity index (χ1v) is 13.9. The van der Waals surface area contributed by atoms with Crippen molar-refractivity contribution in [1.29, 1.82) is 0 Å². The molecule has 38 heavy (non-hydrogen) atoms. The Hall–Kier alpha value is -3.65. The molecule has 0 aromatic heterocycles. The summed E-state index contributed by atoms with van der Waals surface area (Å²) in [6.07, 6.45) is 0. The van der Waals surface area contributed by atoms with E-state index in [0.29, 0.717) is 33.3 Å². The molecule has 1 N–H and O–H groups in total. The maximum Gasteiger partial charge on any atom is 0.244 e. The Labute approximate surface area is 228 Å². The molecule has 6 nitrogen and oxygen atoms in total. The van der Waals surface area contributed by atoms with Crippen LogP contribution in [0.1, 0.15) is 22.3 Å². The van der Waals surface area contributed by atoms with E-state index in [9.17, 15) is 13.2 Å². The van der Waals surface area contributed by atoms with E-state index >= 15 is 0 Å². The summed E-state index contributed by atoms with van der Waals surface area (Å²) in [5.74, 6) is 0.452. The van der Waals surface area contributed by atoms with Gasteiger partial charge in [0.1, 0.15) is 5.75 Å². The monoisotopic (exact) mass is 548 g/mol. The zero-order valence-corrected chi connectivity index (χ0v) is 23.0. The van der Waals surface area contributed by atoms with Crippen LogP contribution in [0.2, 0.25) is 5.02 Å². The maximum atomic E-state index is 13.9. The Morgan fingerprint density at radius 3 is 2.11 bits per heavy atom. The fraction of sp³-hybridized carbons (Fsp3) is 0.167. The fourth-order valence-corrected chi connectivity index (χ4v) is 6.34. The molecule has 0 aliphatic rings. The van der Waals surface area contributed by atoms with Crippen molar-refractivity contribution in [2.45, 2.75) is 32.2 Å². The van der Waals surface area contributed by atoms with Crippen LogP contribution in [0.4, 0.5) is 5.69 Å². The highest BCUT2D eigenvalue weighted by Gasteiger charge is 2.30. The summed E-state index contributed by atoms with van der Waals surface area (Å²) < 4.78 is 35.0. The first-order chi connectivity index (χ1) is 18.1. The Balaban J connectivity index is 1.65. The first-order valence-electron chi connectivity index (χ1n) is 12.1. The average Bonchev–Trinajstić information content (AvgIpc) is 2.86. The van der Waals surface area contributed by atoms with E-state index in [0.717, 1.165) is 11.1 Å². The molecule has 0 radical (unpaired) electrons. The number of benzene rings is 4. The quantitative estimate of drug-likeness (QED) is 0.247. The number of aryl methyl sites for hydroxylation is 3. The number of nitrogens with zero attached hydrogens (tertiary/aromatic N) is 1. The van der Waals surface area contributed by atoms with Crippen molar-refractivity contribution in [1.82, 2.24) is 4.31 Å². The molecule has 0 aliphatic carbocycles. The zero-order chi connectivity index (χ0) is 27.3. The van der Waals surface area contributed by atoms with Crippen molar-refractivity contribution in [2.24, 2.45) is 0 Å². The van der Waals surface area contributed by atoms with Gasteiger partial charge in [-0.05, 0) is 67.8 Å². The number of carbonyl (C=O) groups is 1. The molecule has 0 fully saturated rings. The molecule has 0 bridgehead atoms. The molecular weight excluding hydrogens is 520 g/mol. The number of halogens is 1. The highest BCUT2D eigenvalue weighted by atomic mass is 35.5. The Morgan fingerprint density at radius 2 is 1.47 bits per heavy atom. The molecule has 4 aromatic rings. The summed E-state index contributed by atoms with van der Waals surface area (Å²) in [6.45, 7) is 5.10. The molecule has 0 atom stereocenters. The topological polar surface area (TPSA) is 75.7 Å². The number of hydrogen-bond donors (Lipinski definition) is 1. The van der Waals surface area contributed by atoms with Gasteiger partial charge in [-0.3, -0.25) is 4.79 Å². The van der Waals surface area contributed by atoms with Gasteiger partial charge < -0.3 is 10.1 Å². The molecule has 1 amide bonds. The van der Waals surface area contributed by atoms with Crippen molar-refractivity contribution in [3.8, 4) is 11.5 Å². The van der Waals surface area contributed by atoms with Crippen molar-refractivity contribution in [2.75, 3.05) is 11.9 Å². The van der Waals surface area contributed by atoms with E-state index in [2.05, 4.69) is 5.32 Å². The second-order valence-electron chi connectivity index (χ2n) is 9.09. The number of para-hydroxylation sites is 1. The van der Waals surface area contributed by atoms with Gasteiger partial charge in [-0.2, -0.15) is 4.31 Å². The third kappa shape index (κ3) is 6.61. The largest absolute Gasteiger partial charge is 0.455 e. The van der Waals surface area contributed by atoms with E-state index in [-0.39, 0.29) is 11.4 Å². The van der Waals surface area contributed by atoms with Gasteiger partial charge in [-0.15, -0.1) is 0 Å². The summed E-state index contributed by atoms with van der Waals surface area (Å²) in [7, 11) is -4.02. The minimum Gasteiger partial charge on any atom is -0.455 e. The minimum absolute atomic E-state index is 0.0340. The van der Waals surface area contributed by atoms with Crippen LogP contribution in [0.3, 0.4) is 0 Å². The Kier molecular flexibility index (Phi) is 8.52. The lowest BCUT2D eigenvalue weighted by Gasteiger charge is -2.24. The molecule has 0 aliphatic heterocycles. The van der Waals surface area contributed by atoms with Crippen LogP contribution in [0.25, 0.3) is 0 Å². The molecule has 0 heterocycles. The minimum atomic E-state index is -4.02. The first kappa shape index (κ1) is 27.4. The third-order valence-corrected chi connectivity index (χ3v) is 8.24. The van der Waals surface area contributed by atoms with E-state index in [1.54, 1.807) is 44.2 Å². The second-order valence-corrected chi connectivity index (χ2v) is 11.4. The van der Waals surface area contributed by atoms with Crippen LogP contribution in [0.5, 0.6) is 11.5 Å². The zero-order valence-electron chi connectivity index (χ0n) is 21.4. The number of anilines is 1. The predicted octanol–water partition coefficient (Wildman–Crippen LogP) is 6.89. The fourth-order valence-electron chi connectivity index (χ4n) is 4.37. The lowest BCUT2D eigenvalue weighted by Crippen LogP contribution is -2.38. The number of nitrogens with one attached hydrogen (secondary N) is 1. The molecule has 0 unspecified atom stereocenters. The third-order valence-electron chi connectivity index (χ3n) is 5.91. The summed E-state index contributed by atoms with van der Waals surface area (Å²) >= 11 is 6.20. The molecule has 4 aromatic carbocycles. The van der Waals surface area contributed by atoms with Gasteiger partial charge in [0.15, 0.2) is 5.75 Å². The average molecular weight is 549 g/mol. The van der Waals surface area contributed by atoms with Gasteiger partial charge in [0.2, 0.25) is 15.9 Å². The van der Waals surface area contributed by atoms with Crippen LogP contribution in [-0.2, 0) is 21.4 Å². The lowest BCUT2D eigenvalue weighted by molar-refractivity contribution is -0.116. The molecular formula is C30H29ClN2O4S. The number of carbonyl (C=O) groups excluding carboxylic acids is 1. The van der Waals surface area contributed by atoms with Crippen LogP contribution in [0, 0.1) is 20.8 Å². The van der Waals surface area contributed by atoms with Crippen LogP contribution < -0.4 is 10.1 Å². The van der Waals surface area contributed by atoms with Crippen LogP contribution in [0.15, 0.2) is 95.9 Å². The number of sulfonamides is 1. The highest BCUT2D eigenvalue weighted by Crippen LogP contribution is 2.32. The summed E-state index contributed by atoms with van der Waals surface area (Å²) in [4.78, 5) is 13.5. The normalized spacial score (nSPS) is 11.4. The highest BCUT2D eigenvalue weighted by molar-refractivity contribution is 7.89. The lowest BCUT2D eigenvalue weighted by atomic mass is 10.1. The predicted molar refractivity (Wildman–Crippen MR) is 151 cm³/mol. The van der Waals surface area contributed by atoms with Gasteiger partial charge in [-0.1, -0.05) is 77.8 Å². The van der Waals surface area contributed by atoms with Gasteiger partial charge >= 0.3 is 0 Å². The molecule has 0 spiro atoms. The Bertz CT molecular complexity index is 1520.